The molecule has 0 fully saturated rings. The Labute approximate surface area is 193 Å². The van der Waals surface area contributed by atoms with Gasteiger partial charge in [-0.25, -0.2) is 12.8 Å². The van der Waals surface area contributed by atoms with Gasteiger partial charge >= 0.3 is 6.18 Å². The lowest BCUT2D eigenvalue weighted by Gasteiger charge is -2.15. The Balaban J connectivity index is 1.78. The lowest BCUT2D eigenvalue weighted by molar-refractivity contribution is -0.139. The predicted octanol–water partition coefficient (Wildman–Crippen LogP) is 6.14. The van der Waals surface area contributed by atoms with Crippen LogP contribution in [0.4, 0.5) is 23.2 Å². The van der Waals surface area contributed by atoms with E-state index in [0.717, 1.165) is 18.2 Å². The monoisotopic (exact) mass is 499 g/mol. The molecule has 0 unspecified atom stereocenters. The van der Waals surface area contributed by atoms with Crippen LogP contribution in [0.1, 0.15) is 18.1 Å². The van der Waals surface area contributed by atoms with Crippen LogP contribution in [0.2, 0.25) is 5.02 Å². The van der Waals surface area contributed by atoms with Crippen LogP contribution in [0.5, 0.6) is 0 Å². The molecule has 1 amide bonds. The standard InChI is InChI=1S/C23H18ClF4NO3S/c1-2-33(31,32)16-9-6-14(7-10-16)12-21(30)29-15-8-11-17(19(24)13-15)18-4-3-5-20(25)22(18)23(26,27)28/h3-11,13H,2,12H2,1H3,(H,29,30). The zero-order valence-electron chi connectivity index (χ0n) is 17.2. The highest BCUT2D eigenvalue weighted by atomic mass is 35.5. The van der Waals surface area contributed by atoms with Gasteiger partial charge in [-0.1, -0.05) is 48.9 Å². The van der Waals surface area contributed by atoms with Crippen LogP contribution in [-0.2, 0) is 27.2 Å². The lowest BCUT2D eigenvalue weighted by Crippen LogP contribution is -2.14. The summed E-state index contributed by atoms with van der Waals surface area (Å²) in [7, 11) is -3.35. The molecule has 0 atom stereocenters. The van der Waals surface area contributed by atoms with E-state index in [4.69, 9.17) is 11.6 Å². The summed E-state index contributed by atoms with van der Waals surface area (Å²) >= 11 is 6.16. The molecule has 0 heterocycles. The maximum absolute atomic E-state index is 13.9. The van der Waals surface area contributed by atoms with Gasteiger partial charge in [-0.2, -0.15) is 13.2 Å². The van der Waals surface area contributed by atoms with Gasteiger partial charge in [0.05, 0.1) is 27.7 Å². The molecule has 3 aromatic rings. The van der Waals surface area contributed by atoms with Crippen LogP contribution in [0.15, 0.2) is 65.6 Å². The number of carbonyl (C=O) groups is 1. The van der Waals surface area contributed by atoms with Gasteiger partial charge in [0.2, 0.25) is 5.91 Å². The number of halogens is 5. The summed E-state index contributed by atoms with van der Waals surface area (Å²) in [6, 6.07) is 12.8. The first-order chi connectivity index (χ1) is 15.4. The summed E-state index contributed by atoms with van der Waals surface area (Å²) < 4.78 is 77.6. The maximum Gasteiger partial charge on any atom is 0.419 e. The Morgan fingerprint density at radius 3 is 2.24 bits per heavy atom. The van der Waals surface area contributed by atoms with Crippen LogP contribution in [0.3, 0.4) is 0 Å². The minimum Gasteiger partial charge on any atom is -0.326 e. The third-order valence-electron chi connectivity index (χ3n) is 4.87. The average Bonchev–Trinajstić information content (AvgIpc) is 2.73. The summed E-state index contributed by atoms with van der Waals surface area (Å²) in [4.78, 5) is 12.5. The molecular formula is C23H18ClF4NO3S. The van der Waals surface area contributed by atoms with E-state index in [1.807, 2.05) is 0 Å². The lowest BCUT2D eigenvalue weighted by atomic mass is 9.98. The second-order valence-corrected chi connectivity index (χ2v) is 9.81. The van der Waals surface area contributed by atoms with Crippen LogP contribution >= 0.6 is 11.6 Å². The zero-order valence-corrected chi connectivity index (χ0v) is 18.8. The number of amides is 1. The molecule has 3 aromatic carbocycles. The van der Waals surface area contributed by atoms with Crippen molar-refractivity contribution in [1.82, 2.24) is 0 Å². The zero-order chi connectivity index (χ0) is 24.4. The predicted molar refractivity (Wildman–Crippen MR) is 118 cm³/mol. The summed E-state index contributed by atoms with van der Waals surface area (Å²) in [6.45, 7) is 1.53. The second-order valence-electron chi connectivity index (χ2n) is 7.13. The third kappa shape index (κ3) is 5.72. The van der Waals surface area contributed by atoms with E-state index in [2.05, 4.69) is 5.32 Å². The number of rotatable bonds is 6. The second kappa shape index (κ2) is 9.52. The summed E-state index contributed by atoms with van der Waals surface area (Å²) in [5, 5.41) is 2.49. The van der Waals surface area contributed by atoms with Gasteiger partial charge in [0.25, 0.3) is 0 Å². The normalized spacial score (nSPS) is 11.9. The number of alkyl halides is 3. The number of nitrogens with one attached hydrogen (secondary N) is 1. The first-order valence-electron chi connectivity index (χ1n) is 9.69. The molecule has 33 heavy (non-hydrogen) atoms. The van der Waals surface area contributed by atoms with Crippen LogP contribution in [-0.4, -0.2) is 20.1 Å². The molecule has 0 saturated carbocycles. The molecule has 0 saturated heterocycles. The molecule has 0 aliphatic rings. The number of benzene rings is 3. The maximum atomic E-state index is 13.9. The van der Waals surface area contributed by atoms with Crippen molar-refractivity contribution in [2.24, 2.45) is 0 Å². The van der Waals surface area contributed by atoms with Gasteiger partial charge in [-0.3, -0.25) is 4.79 Å². The molecule has 0 aromatic heterocycles. The van der Waals surface area contributed by atoms with E-state index in [9.17, 15) is 30.8 Å². The van der Waals surface area contributed by atoms with Gasteiger partial charge in [-0.05, 0) is 41.5 Å². The van der Waals surface area contributed by atoms with E-state index in [1.54, 1.807) is 0 Å². The van der Waals surface area contributed by atoms with Gasteiger partial charge in [0, 0.05) is 11.3 Å². The highest BCUT2D eigenvalue weighted by Gasteiger charge is 2.37. The Kier molecular flexibility index (Phi) is 7.14. The smallest absolute Gasteiger partial charge is 0.326 e. The fourth-order valence-electron chi connectivity index (χ4n) is 3.22. The fourth-order valence-corrected chi connectivity index (χ4v) is 4.39. The molecule has 0 aliphatic heterocycles. The van der Waals surface area contributed by atoms with E-state index in [-0.39, 0.29) is 33.3 Å². The van der Waals surface area contributed by atoms with Crippen molar-refractivity contribution < 1.29 is 30.8 Å². The third-order valence-corrected chi connectivity index (χ3v) is 6.93. The van der Waals surface area contributed by atoms with Crippen molar-refractivity contribution in [3.63, 3.8) is 0 Å². The summed E-state index contributed by atoms with van der Waals surface area (Å²) in [5.41, 5.74) is -1.05. The van der Waals surface area contributed by atoms with Crippen LogP contribution < -0.4 is 5.32 Å². The molecule has 4 nitrogen and oxygen atoms in total. The van der Waals surface area contributed by atoms with E-state index >= 15 is 0 Å². The van der Waals surface area contributed by atoms with Crippen molar-refractivity contribution in [2.45, 2.75) is 24.4 Å². The Hall–Kier alpha value is -2.91. The molecule has 174 valence electrons. The SMILES string of the molecule is CCS(=O)(=O)c1ccc(CC(=O)Nc2ccc(-c3cccc(F)c3C(F)(F)F)c(Cl)c2)cc1. The van der Waals surface area contributed by atoms with Crippen molar-refractivity contribution in [2.75, 3.05) is 11.1 Å². The number of hydrogen-bond donors (Lipinski definition) is 1. The summed E-state index contributed by atoms with van der Waals surface area (Å²) in [5.74, 6) is -1.89. The first-order valence-corrected chi connectivity index (χ1v) is 11.7. The largest absolute Gasteiger partial charge is 0.419 e. The fraction of sp³-hybridized carbons (Fsp3) is 0.174. The van der Waals surface area contributed by atoms with E-state index in [1.165, 1.54) is 49.4 Å². The van der Waals surface area contributed by atoms with Gasteiger partial charge in [-0.15, -0.1) is 0 Å². The van der Waals surface area contributed by atoms with Crippen molar-refractivity contribution >= 4 is 33.0 Å². The number of hydrogen-bond acceptors (Lipinski definition) is 3. The number of sulfone groups is 1. The first kappa shape index (κ1) is 24.7. The van der Waals surface area contributed by atoms with E-state index < -0.39 is 38.9 Å². The molecule has 0 radical (unpaired) electrons. The molecule has 0 aliphatic carbocycles. The van der Waals surface area contributed by atoms with Gasteiger partial charge in [0.15, 0.2) is 9.84 Å². The molecule has 1 N–H and O–H groups in total. The van der Waals surface area contributed by atoms with Gasteiger partial charge in [0.1, 0.15) is 5.82 Å². The molecule has 0 spiro atoms. The molecule has 3 rings (SSSR count). The minimum absolute atomic E-state index is 0.0331. The number of anilines is 1. The van der Waals surface area contributed by atoms with Crippen LogP contribution in [0.25, 0.3) is 11.1 Å². The Bertz CT molecular complexity index is 1290. The topological polar surface area (TPSA) is 63.2 Å². The quantitative estimate of drug-likeness (QED) is 0.414. The molecule has 10 heteroatoms. The van der Waals surface area contributed by atoms with Crippen molar-refractivity contribution in [3.8, 4) is 11.1 Å². The minimum atomic E-state index is -4.91. The van der Waals surface area contributed by atoms with Crippen molar-refractivity contribution in [3.05, 3.63) is 82.6 Å². The molecule has 0 bridgehead atoms. The highest BCUT2D eigenvalue weighted by molar-refractivity contribution is 7.91. The summed E-state index contributed by atoms with van der Waals surface area (Å²) in [6.07, 6.45) is -4.98. The Morgan fingerprint density at radius 1 is 1.00 bits per heavy atom. The van der Waals surface area contributed by atoms with Crippen molar-refractivity contribution in [1.29, 1.82) is 0 Å². The highest BCUT2D eigenvalue weighted by Crippen LogP contribution is 2.41. The Morgan fingerprint density at radius 2 is 1.67 bits per heavy atom. The average molecular weight is 500 g/mol. The molecular weight excluding hydrogens is 482 g/mol. The van der Waals surface area contributed by atoms with Gasteiger partial charge < -0.3 is 5.32 Å². The van der Waals surface area contributed by atoms with Crippen LogP contribution in [0, 0.1) is 5.82 Å². The van der Waals surface area contributed by atoms with E-state index in [0.29, 0.717) is 5.56 Å². The number of carbonyl (C=O) groups excluding carboxylic acids is 1.